The summed E-state index contributed by atoms with van der Waals surface area (Å²) in [5, 5.41) is 0. The molecular formula is C15H24N4OS. The van der Waals surface area contributed by atoms with E-state index in [-0.39, 0.29) is 10.7 Å². The second-order valence-electron chi connectivity index (χ2n) is 5.68. The van der Waals surface area contributed by atoms with Crippen molar-refractivity contribution < 1.29 is 4.79 Å². The highest BCUT2D eigenvalue weighted by Crippen LogP contribution is 2.34. The van der Waals surface area contributed by atoms with Gasteiger partial charge in [0.25, 0.3) is 5.91 Å². The van der Waals surface area contributed by atoms with Crippen molar-refractivity contribution in [1.29, 1.82) is 0 Å². The van der Waals surface area contributed by atoms with Crippen molar-refractivity contribution in [2.24, 2.45) is 5.73 Å². The van der Waals surface area contributed by atoms with Gasteiger partial charge in [-0.25, -0.2) is 4.98 Å². The SMILES string of the molecule is CSC1(CN)CCN(c2ccc(C(=O)N(C)C)cn2)CC1. The maximum Gasteiger partial charge on any atom is 0.254 e. The van der Waals surface area contributed by atoms with Crippen LogP contribution in [0.1, 0.15) is 23.2 Å². The zero-order chi connectivity index (χ0) is 15.5. The predicted molar refractivity (Wildman–Crippen MR) is 89.0 cm³/mol. The minimum absolute atomic E-state index is 0.0165. The molecule has 1 amide bonds. The third kappa shape index (κ3) is 3.49. The number of anilines is 1. The number of piperidine rings is 1. The Hall–Kier alpha value is -1.27. The van der Waals surface area contributed by atoms with E-state index in [0.29, 0.717) is 5.56 Å². The minimum Gasteiger partial charge on any atom is -0.357 e. The molecule has 1 aliphatic rings. The summed E-state index contributed by atoms with van der Waals surface area (Å²) in [6.07, 6.45) is 5.95. The summed E-state index contributed by atoms with van der Waals surface area (Å²) < 4.78 is 0.220. The van der Waals surface area contributed by atoms with Crippen LogP contribution < -0.4 is 10.6 Å². The van der Waals surface area contributed by atoms with E-state index in [1.807, 2.05) is 23.9 Å². The molecule has 0 aliphatic carbocycles. The molecule has 0 spiro atoms. The van der Waals surface area contributed by atoms with Crippen molar-refractivity contribution in [2.45, 2.75) is 17.6 Å². The Morgan fingerprint density at radius 1 is 1.43 bits per heavy atom. The second kappa shape index (κ2) is 6.66. The first-order chi connectivity index (χ1) is 10.0. The highest BCUT2D eigenvalue weighted by molar-refractivity contribution is 8.00. The molecule has 0 radical (unpaired) electrons. The van der Waals surface area contributed by atoms with E-state index in [1.54, 1.807) is 25.2 Å². The third-order valence-corrected chi connectivity index (χ3v) is 5.65. The molecular weight excluding hydrogens is 284 g/mol. The molecule has 1 aromatic rings. The molecule has 2 rings (SSSR count). The molecule has 1 saturated heterocycles. The van der Waals surface area contributed by atoms with Gasteiger partial charge in [0.15, 0.2) is 0 Å². The second-order valence-corrected chi connectivity index (χ2v) is 6.96. The van der Waals surface area contributed by atoms with Crippen molar-refractivity contribution in [2.75, 3.05) is 44.9 Å². The topological polar surface area (TPSA) is 62.5 Å². The van der Waals surface area contributed by atoms with Gasteiger partial charge in [0.2, 0.25) is 0 Å². The molecule has 116 valence electrons. The smallest absolute Gasteiger partial charge is 0.254 e. The summed E-state index contributed by atoms with van der Waals surface area (Å²) in [6.45, 7) is 2.66. The van der Waals surface area contributed by atoms with Crippen molar-refractivity contribution in [3.8, 4) is 0 Å². The number of carbonyl (C=O) groups is 1. The first kappa shape index (κ1) is 16.1. The third-order valence-electron chi connectivity index (χ3n) is 4.20. The zero-order valence-electron chi connectivity index (χ0n) is 13.0. The molecule has 2 heterocycles. The van der Waals surface area contributed by atoms with Gasteiger partial charge in [-0.05, 0) is 31.2 Å². The molecule has 1 aliphatic heterocycles. The van der Waals surface area contributed by atoms with Crippen molar-refractivity contribution >= 4 is 23.5 Å². The molecule has 0 atom stereocenters. The standard InChI is InChI=1S/C15H24N4OS/c1-18(2)14(20)12-4-5-13(17-10-12)19-8-6-15(11-16,21-3)7-9-19/h4-5,10H,6-9,11,16H2,1-3H3. The predicted octanol–water partition coefficient (Wildman–Crippen LogP) is 1.44. The highest BCUT2D eigenvalue weighted by atomic mass is 32.2. The van der Waals surface area contributed by atoms with Crippen LogP contribution in [0, 0.1) is 0 Å². The van der Waals surface area contributed by atoms with Gasteiger partial charge >= 0.3 is 0 Å². The van der Waals surface area contributed by atoms with Crippen LogP contribution in [0.4, 0.5) is 5.82 Å². The lowest BCUT2D eigenvalue weighted by atomic mass is 9.96. The van der Waals surface area contributed by atoms with E-state index in [0.717, 1.165) is 38.3 Å². The van der Waals surface area contributed by atoms with Crippen LogP contribution in [0.2, 0.25) is 0 Å². The van der Waals surface area contributed by atoms with Crippen LogP contribution in [-0.4, -0.2) is 60.5 Å². The quantitative estimate of drug-likeness (QED) is 0.912. The number of hydrogen-bond donors (Lipinski definition) is 1. The number of carbonyl (C=O) groups excluding carboxylic acids is 1. The maximum atomic E-state index is 11.9. The van der Waals surface area contributed by atoms with E-state index >= 15 is 0 Å². The summed E-state index contributed by atoms with van der Waals surface area (Å²) in [5.74, 6) is 0.925. The van der Waals surface area contributed by atoms with E-state index in [9.17, 15) is 4.79 Å². The van der Waals surface area contributed by atoms with Crippen molar-refractivity contribution in [3.05, 3.63) is 23.9 Å². The number of nitrogens with two attached hydrogens (primary N) is 1. The van der Waals surface area contributed by atoms with Gasteiger partial charge in [-0.2, -0.15) is 11.8 Å². The van der Waals surface area contributed by atoms with Crippen LogP contribution in [0.5, 0.6) is 0 Å². The normalized spacial score (nSPS) is 17.6. The first-order valence-corrected chi connectivity index (χ1v) is 8.42. The lowest BCUT2D eigenvalue weighted by Gasteiger charge is -2.40. The summed E-state index contributed by atoms with van der Waals surface area (Å²) in [5.41, 5.74) is 6.54. The Labute approximate surface area is 130 Å². The van der Waals surface area contributed by atoms with Gasteiger partial charge in [-0.15, -0.1) is 0 Å². The monoisotopic (exact) mass is 308 g/mol. The largest absolute Gasteiger partial charge is 0.357 e. The number of amides is 1. The van der Waals surface area contributed by atoms with E-state index in [2.05, 4.69) is 16.1 Å². The van der Waals surface area contributed by atoms with Gasteiger partial charge in [0.1, 0.15) is 5.82 Å². The van der Waals surface area contributed by atoms with E-state index in [4.69, 9.17) is 5.73 Å². The minimum atomic E-state index is -0.0165. The number of aromatic nitrogens is 1. The Morgan fingerprint density at radius 2 is 2.10 bits per heavy atom. The van der Waals surface area contributed by atoms with Crippen LogP contribution >= 0.6 is 11.8 Å². The van der Waals surface area contributed by atoms with Gasteiger partial charge in [-0.1, -0.05) is 0 Å². The Kier molecular flexibility index (Phi) is 5.11. The molecule has 0 bridgehead atoms. The molecule has 0 aromatic carbocycles. The number of hydrogen-bond acceptors (Lipinski definition) is 5. The Balaban J connectivity index is 2.03. The average Bonchev–Trinajstić information content (AvgIpc) is 2.54. The van der Waals surface area contributed by atoms with Gasteiger partial charge < -0.3 is 15.5 Å². The molecule has 2 N–H and O–H groups in total. The van der Waals surface area contributed by atoms with Gasteiger partial charge in [-0.3, -0.25) is 4.79 Å². The maximum absolute atomic E-state index is 11.9. The van der Waals surface area contributed by atoms with E-state index < -0.39 is 0 Å². The summed E-state index contributed by atoms with van der Waals surface area (Å²) in [4.78, 5) is 20.1. The lowest BCUT2D eigenvalue weighted by Crippen LogP contribution is -2.46. The summed E-state index contributed by atoms with van der Waals surface area (Å²) in [6, 6.07) is 3.79. The van der Waals surface area contributed by atoms with Crippen molar-refractivity contribution in [3.63, 3.8) is 0 Å². The van der Waals surface area contributed by atoms with Crippen LogP contribution in [0.15, 0.2) is 18.3 Å². The molecule has 5 nitrogen and oxygen atoms in total. The first-order valence-electron chi connectivity index (χ1n) is 7.19. The van der Waals surface area contributed by atoms with Crippen LogP contribution in [0.25, 0.3) is 0 Å². The lowest BCUT2D eigenvalue weighted by molar-refractivity contribution is 0.0827. The number of pyridine rings is 1. The fourth-order valence-electron chi connectivity index (χ4n) is 2.59. The van der Waals surface area contributed by atoms with Crippen molar-refractivity contribution in [1.82, 2.24) is 9.88 Å². The number of nitrogens with zero attached hydrogens (tertiary/aromatic N) is 3. The van der Waals surface area contributed by atoms with E-state index in [1.165, 1.54) is 0 Å². The van der Waals surface area contributed by atoms with Crippen LogP contribution in [-0.2, 0) is 0 Å². The number of rotatable bonds is 4. The molecule has 6 heteroatoms. The summed E-state index contributed by atoms with van der Waals surface area (Å²) >= 11 is 1.88. The molecule has 0 unspecified atom stereocenters. The van der Waals surface area contributed by atoms with Crippen LogP contribution in [0.3, 0.4) is 0 Å². The molecule has 1 aromatic heterocycles. The summed E-state index contributed by atoms with van der Waals surface area (Å²) in [7, 11) is 3.49. The Bertz CT molecular complexity index is 475. The fourth-order valence-corrected chi connectivity index (χ4v) is 3.35. The Morgan fingerprint density at radius 3 is 2.52 bits per heavy atom. The van der Waals surface area contributed by atoms with Gasteiger partial charge in [0.05, 0.1) is 5.56 Å². The number of thioether (sulfide) groups is 1. The molecule has 0 saturated carbocycles. The molecule has 1 fully saturated rings. The average molecular weight is 308 g/mol. The zero-order valence-corrected chi connectivity index (χ0v) is 13.8. The van der Waals surface area contributed by atoms with Gasteiger partial charge in [0, 0.05) is 44.7 Å². The fraction of sp³-hybridized carbons (Fsp3) is 0.600. The molecule has 21 heavy (non-hydrogen) atoms. The highest BCUT2D eigenvalue weighted by Gasteiger charge is 2.32.